The van der Waals surface area contributed by atoms with E-state index in [4.69, 9.17) is 5.11 Å². The first-order chi connectivity index (χ1) is 8.16. The number of hydrogen-bond acceptors (Lipinski definition) is 2. The number of benzene rings is 1. The molecule has 0 bridgehead atoms. The molecule has 0 aliphatic carbocycles. The maximum Gasteiger partial charge on any atom is 0.328 e. The fourth-order valence-corrected chi connectivity index (χ4v) is 1.88. The van der Waals surface area contributed by atoms with E-state index in [9.17, 15) is 4.79 Å². The van der Waals surface area contributed by atoms with Gasteiger partial charge >= 0.3 is 5.97 Å². The number of carboxylic acid groups (broad SMARTS) is 1. The summed E-state index contributed by atoms with van der Waals surface area (Å²) in [4.78, 5) is 10.4. The van der Waals surface area contributed by atoms with Crippen molar-refractivity contribution in [2.45, 2.75) is 0 Å². The molecule has 2 aromatic rings. The molecule has 0 atom stereocenters. The van der Waals surface area contributed by atoms with Gasteiger partial charge in [-0.05, 0) is 29.8 Å². The Bertz CT molecular complexity index is 562. The molecule has 4 nitrogen and oxygen atoms in total. The number of rotatable bonds is 3. The van der Waals surface area contributed by atoms with Gasteiger partial charge in [0, 0.05) is 22.9 Å². The Hall–Kier alpha value is -1.88. The van der Waals surface area contributed by atoms with Crippen LogP contribution in [0.2, 0.25) is 0 Å². The molecule has 1 aromatic heterocycles. The molecule has 0 radical (unpaired) electrons. The Balaban J connectivity index is 2.32. The lowest BCUT2D eigenvalue weighted by Crippen LogP contribution is -1.94. The maximum absolute atomic E-state index is 10.4. The first-order valence-corrected chi connectivity index (χ1v) is 5.67. The SMILES string of the molecule is O=C(O)/C=C/c1ccc(-n2cccn2)cc1Br. The molecule has 0 aliphatic heterocycles. The summed E-state index contributed by atoms with van der Waals surface area (Å²) in [6.45, 7) is 0. The highest BCUT2D eigenvalue weighted by Crippen LogP contribution is 2.21. The molecule has 86 valence electrons. The third kappa shape index (κ3) is 2.82. The van der Waals surface area contributed by atoms with Gasteiger partial charge < -0.3 is 5.11 Å². The van der Waals surface area contributed by atoms with E-state index in [-0.39, 0.29) is 0 Å². The third-order valence-electron chi connectivity index (χ3n) is 2.16. The highest BCUT2D eigenvalue weighted by Gasteiger charge is 2.01. The minimum absolute atomic E-state index is 0.809. The van der Waals surface area contributed by atoms with Gasteiger partial charge in [0.25, 0.3) is 0 Å². The summed E-state index contributed by atoms with van der Waals surface area (Å²) in [7, 11) is 0. The third-order valence-corrected chi connectivity index (χ3v) is 2.85. The summed E-state index contributed by atoms with van der Waals surface area (Å²) in [5.41, 5.74) is 1.72. The van der Waals surface area contributed by atoms with Crippen LogP contribution in [0.1, 0.15) is 5.56 Å². The summed E-state index contributed by atoms with van der Waals surface area (Å²) >= 11 is 3.40. The topological polar surface area (TPSA) is 55.1 Å². The van der Waals surface area contributed by atoms with Crippen LogP contribution in [0.4, 0.5) is 0 Å². The van der Waals surface area contributed by atoms with Gasteiger partial charge in [-0.15, -0.1) is 0 Å². The van der Waals surface area contributed by atoms with Gasteiger partial charge in [0.15, 0.2) is 0 Å². The fourth-order valence-electron chi connectivity index (χ4n) is 1.38. The first kappa shape index (κ1) is 11.6. The van der Waals surface area contributed by atoms with Crippen LogP contribution in [-0.2, 0) is 4.79 Å². The van der Waals surface area contributed by atoms with E-state index in [0.717, 1.165) is 21.8 Å². The van der Waals surface area contributed by atoms with Gasteiger partial charge in [-0.3, -0.25) is 0 Å². The number of hydrogen-bond donors (Lipinski definition) is 1. The molecular weight excluding hydrogens is 284 g/mol. The zero-order chi connectivity index (χ0) is 12.3. The normalized spacial score (nSPS) is 10.9. The number of carboxylic acids is 1. The molecule has 1 N–H and O–H groups in total. The fraction of sp³-hybridized carbons (Fsp3) is 0. The molecule has 0 saturated heterocycles. The predicted octanol–water partition coefficient (Wildman–Crippen LogP) is 2.73. The van der Waals surface area contributed by atoms with Crippen molar-refractivity contribution >= 4 is 28.0 Å². The van der Waals surface area contributed by atoms with E-state index in [1.165, 1.54) is 0 Å². The van der Waals surface area contributed by atoms with E-state index >= 15 is 0 Å². The second kappa shape index (κ2) is 4.97. The number of nitrogens with zero attached hydrogens (tertiary/aromatic N) is 2. The summed E-state index contributed by atoms with van der Waals surface area (Å²) in [5, 5.41) is 12.7. The van der Waals surface area contributed by atoms with E-state index < -0.39 is 5.97 Å². The zero-order valence-corrected chi connectivity index (χ0v) is 10.3. The first-order valence-electron chi connectivity index (χ1n) is 4.87. The van der Waals surface area contributed by atoms with Gasteiger partial charge in [0.2, 0.25) is 0 Å². The van der Waals surface area contributed by atoms with Crippen LogP contribution in [0.25, 0.3) is 11.8 Å². The van der Waals surface area contributed by atoms with Crippen LogP contribution in [0.5, 0.6) is 0 Å². The van der Waals surface area contributed by atoms with Gasteiger partial charge in [-0.25, -0.2) is 9.48 Å². The minimum Gasteiger partial charge on any atom is -0.478 e. The average molecular weight is 293 g/mol. The maximum atomic E-state index is 10.4. The molecule has 0 spiro atoms. The van der Waals surface area contributed by atoms with Gasteiger partial charge in [-0.1, -0.05) is 22.0 Å². The summed E-state index contributed by atoms with van der Waals surface area (Å²) in [6, 6.07) is 7.43. The van der Waals surface area contributed by atoms with Gasteiger partial charge in [0.1, 0.15) is 0 Å². The molecule has 0 aliphatic rings. The van der Waals surface area contributed by atoms with Crippen LogP contribution in [0.15, 0.2) is 47.2 Å². The van der Waals surface area contributed by atoms with Crippen LogP contribution in [0.3, 0.4) is 0 Å². The van der Waals surface area contributed by atoms with E-state index in [0.29, 0.717) is 0 Å². The lowest BCUT2D eigenvalue weighted by atomic mass is 10.2. The molecule has 1 aromatic carbocycles. The van der Waals surface area contributed by atoms with E-state index in [2.05, 4.69) is 21.0 Å². The molecular formula is C12H9BrN2O2. The highest BCUT2D eigenvalue weighted by molar-refractivity contribution is 9.10. The van der Waals surface area contributed by atoms with Crippen LogP contribution >= 0.6 is 15.9 Å². The average Bonchev–Trinajstić information content (AvgIpc) is 2.80. The Morgan fingerprint density at radius 1 is 1.47 bits per heavy atom. The standard InChI is InChI=1S/C12H9BrN2O2/c13-11-8-10(15-7-1-6-14-15)4-2-9(11)3-5-12(16)17/h1-8H,(H,16,17)/b5-3+. The minimum atomic E-state index is -0.965. The molecule has 0 fully saturated rings. The summed E-state index contributed by atoms with van der Waals surface area (Å²) < 4.78 is 2.55. The number of aliphatic carboxylic acids is 1. The van der Waals surface area contributed by atoms with Crippen molar-refractivity contribution in [1.82, 2.24) is 9.78 Å². The van der Waals surface area contributed by atoms with Crippen LogP contribution < -0.4 is 0 Å². The predicted molar refractivity (Wildman–Crippen MR) is 67.9 cm³/mol. The van der Waals surface area contributed by atoms with Crippen molar-refractivity contribution in [2.24, 2.45) is 0 Å². The van der Waals surface area contributed by atoms with Gasteiger partial charge in [0.05, 0.1) is 5.69 Å². The lowest BCUT2D eigenvalue weighted by molar-refractivity contribution is -0.131. The molecule has 1 heterocycles. The second-order valence-electron chi connectivity index (χ2n) is 3.33. The second-order valence-corrected chi connectivity index (χ2v) is 4.18. The molecule has 0 saturated carbocycles. The van der Waals surface area contributed by atoms with Gasteiger partial charge in [-0.2, -0.15) is 5.10 Å². The smallest absolute Gasteiger partial charge is 0.328 e. The van der Waals surface area contributed by atoms with Crippen molar-refractivity contribution in [2.75, 3.05) is 0 Å². The van der Waals surface area contributed by atoms with Crippen molar-refractivity contribution in [3.05, 3.63) is 52.8 Å². The van der Waals surface area contributed by atoms with Crippen molar-refractivity contribution in [3.63, 3.8) is 0 Å². The molecule has 5 heteroatoms. The Kier molecular flexibility index (Phi) is 3.39. The zero-order valence-electron chi connectivity index (χ0n) is 8.75. The summed E-state index contributed by atoms with van der Waals surface area (Å²) in [5.74, 6) is -0.965. The van der Waals surface area contributed by atoms with E-state index in [1.54, 1.807) is 17.0 Å². The molecule has 0 amide bonds. The molecule has 0 unspecified atom stereocenters. The Morgan fingerprint density at radius 2 is 2.29 bits per heavy atom. The number of aromatic nitrogens is 2. The summed E-state index contributed by atoms with van der Waals surface area (Å²) in [6.07, 6.45) is 6.19. The lowest BCUT2D eigenvalue weighted by Gasteiger charge is -2.04. The highest BCUT2D eigenvalue weighted by atomic mass is 79.9. The Labute approximate surface area is 106 Å². The molecule has 17 heavy (non-hydrogen) atoms. The molecule has 2 rings (SSSR count). The van der Waals surface area contributed by atoms with E-state index in [1.807, 2.05) is 30.5 Å². The number of carbonyl (C=O) groups is 1. The van der Waals surface area contributed by atoms with Crippen molar-refractivity contribution < 1.29 is 9.90 Å². The van der Waals surface area contributed by atoms with Crippen molar-refractivity contribution in [3.8, 4) is 5.69 Å². The van der Waals surface area contributed by atoms with Crippen LogP contribution in [0, 0.1) is 0 Å². The quantitative estimate of drug-likeness (QED) is 0.885. The largest absolute Gasteiger partial charge is 0.478 e. The Morgan fingerprint density at radius 3 is 2.88 bits per heavy atom. The van der Waals surface area contributed by atoms with Crippen molar-refractivity contribution in [1.29, 1.82) is 0 Å². The van der Waals surface area contributed by atoms with Crippen LogP contribution in [-0.4, -0.2) is 20.9 Å². The monoisotopic (exact) mass is 292 g/mol. The number of halogens is 1.